The summed E-state index contributed by atoms with van der Waals surface area (Å²) in [6.07, 6.45) is 3.72. The SMILES string of the molecule is CCCN(c1nc(-c2ccccc2Cl)c(I)s1)C(c1ccccc1)C1CC1. The number of hydrogen-bond acceptors (Lipinski definition) is 3. The largest absolute Gasteiger partial charge is 0.341 e. The van der Waals surface area contributed by atoms with Crippen LogP contribution in [0.1, 0.15) is 37.8 Å². The maximum atomic E-state index is 6.45. The van der Waals surface area contributed by atoms with Crippen molar-refractivity contribution in [2.75, 3.05) is 11.4 Å². The molecule has 1 unspecified atom stereocenters. The molecule has 4 rings (SSSR count). The smallest absolute Gasteiger partial charge is 0.187 e. The van der Waals surface area contributed by atoms with Crippen molar-refractivity contribution in [2.24, 2.45) is 5.92 Å². The van der Waals surface area contributed by atoms with Gasteiger partial charge >= 0.3 is 0 Å². The highest BCUT2D eigenvalue weighted by molar-refractivity contribution is 14.1. The van der Waals surface area contributed by atoms with Crippen LogP contribution in [0.5, 0.6) is 0 Å². The molecule has 1 saturated carbocycles. The van der Waals surface area contributed by atoms with Gasteiger partial charge < -0.3 is 4.90 Å². The molecular weight excluding hydrogens is 487 g/mol. The van der Waals surface area contributed by atoms with Crippen LogP contribution >= 0.6 is 45.5 Å². The zero-order valence-corrected chi connectivity index (χ0v) is 19.0. The lowest BCUT2D eigenvalue weighted by atomic mass is 10.0. The van der Waals surface area contributed by atoms with Crippen LogP contribution in [0.2, 0.25) is 5.02 Å². The first-order valence-corrected chi connectivity index (χ1v) is 11.7. The second-order valence-electron chi connectivity index (χ2n) is 6.98. The highest BCUT2D eigenvalue weighted by Crippen LogP contribution is 2.48. The first-order valence-electron chi connectivity index (χ1n) is 9.42. The van der Waals surface area contributed by atoms with Gasteiger partial charge in [0.05, 0.1) is 19.6 Å². The van der Waals surface area contributed by atoms with Crippen LogP contribution in [-0.4, -0.2) is 11.5 Å². The Morgan fingerprint density at radius 2 is 1.85 bits per heavy atom. The fraction of sp³-hybridized carbons (Fsp3) is 0.318. The molecule has 5 heteroatoms. The average Bonchev–Trinajstić information content (AvgIpc) is 3.44. The first kappa shape index (κ1) is 19.2. The van der Waals surface area contributed by atoms with E-state index in [1.54, 1.807) is 11.3 Å². The zero-order valence-electron chi connectivity index (χ0n) is 15.2. The van der Waals surface area contributed by atoms with Crippen molar-refractivity contribution in [3.8, 4) is 11.3 Å². The molecule has 1 heterocycles. The van der Waals surface area contributed by atoms with Crippen LogP contribution in [0.3, 0.4) is 0 Å². The van der Waals surface area contributed by atoms with E-state index in [-0.39, 0.29) is 0 Å². The minimum Gasteiger partial charge on any atom is -0.341 e. The van der Waals surface area contributed by atoms with Gasteiger partial charge in [-0.15, -0.1) is 0 Å². The van der Waals surface area contributed by atoms with Crippen LogP contribution in [0.4, 0.5) is 5.13 Å². The second-order valence-corrected chi connectivity index (χ2v) is 10.2. The van der Waals surface area contributed by atoms with Gasteiger partial charge in [-0.1, -0.05) is 78.4 Å². The molecule has 27 heavy (non-hydrogen) atoms. The van der Waals surface area contributed by atoms with Gasteiger partial charge in [0.15, 0.2) is 5.13 Å². The molecule has 0 spiro atoms. The van der Waals surface area contributed by atoms with Gasteiger partial charge in [0.2, 0.25) is 0 Å². The lowest BCUT2D eigenvalue weighted by Gasteiger charge is -2.32. The lowest BCUT2D eigenvalue weighted by molar-refractivity contribution is 0.552. The number of rotatable bonds is 7. The van der Waals surface area contributed by atoms with Crippen LogP contribution in [0, 0.1) is 8.80 Å². The monoisotopic (exact) mass is 508 g/mol. The van der Waals surface area contributed by atoms with Crippen molar-refractivity contribution in [2.45, 2.75) is 32.2 Å². The highest BCUT2D eigenvalue weighted by Gasteiger charge is 2.37. The van der Waals surface area contributed by atoms with E-state index in [0.29, 0.717) is 6.04 Å². The van der Waals surface area contributed by atoms with Crippen LogP contribution in [0.25, 0.3) is 11.3 Å². The molecule has 1 aromatic heterocycles. The number of anilines is 1. The van der Waals surface area contributed by atoms with Gasteiger partial charge in [-0.25, -0.2) is 4.98 Å². The van der Waals surface area contributed by atoms with Gasteiger partial charge in [-0.2, -0.15) is 0 Å². The average molecular weight is 509 g/mol. The highest BCUT2D eigenvalue weighted by atomic mass is 127. The molecule has 1 aliphatic carbocycles. The van der Waals surface area contributed by atoms with Gasteiger partial charge in [-0.3, -0.25) is 0 Å². The fourth-order valence-corrected chi connectivity index (χ4v) is 5.70. The van der Waals surface area contributed by atoms with Crippen molar-refractivity contribution < 1.29 is 0 Å². The first-order chi connectivity index (χ1) is 13.2. The van der Waals surface area contributed by atoms with Gasteiger partial charge in [0, 0.05) is 12.1 Å². The van der Waals surface area contributed by atoms with Crippen molar-refractivity contribution in [1.29, 1.82) is 0 Å². The van der Waals surface area contributed by atoms with Crippen LogP contribution in [0.15, 0.2) is 54.6 Å². The Morgan fingerprint density at radius 1 is 1.15 bits per heavy atom. The molecule has 3 aromatic rings. The molecule has 140 valence electrons. The molecule has 0 aliphatic heterocycles. The van der Waals surface area contributed by atoms with Crippen molar-refractivity contribution in [1.82, 2.24) is 4.98 Å². The van der Waals surface area contributed by atoms with Crippen molar-refractivity contribution in [3.63, 3.8) is 0 Å². The van der Waals surface area contributed by atoms with Gasteiger partial charge in [0.25, 0.3) is 0 Å². The molecule has 1 fully saturated rings. The summed E-state index contributed by atoms with van der Waals surface area (Å²) in [6.45, 7) is 3.26. The molecule has 0 N–H and O–H groups in total. The van der Waals surface area contributed by atoms with Crippen LogP contribution in [-0.2, 0) is 0 Å². The molecule has 1 atom stereocenters. The summed E-state index contributed by atoms with van der Waals surface area (Å²) in [4.78, 5) is 7.60. The van der Waals surface area contributed by atoms with Crippen LogP contribution < -0.4 is 4.90 Å². The van der Waals surface area contributed by atoms with Gasteiger partial charge in [0.1, 0.15) is 0 Å². The standard InChI is InChI=1S/C22H22ClIN2S/c1-2-14-26(20(16-12-13-16)15-8-4-3-5-9-15)22-25-19(21(24)27-22)17-10-6-7-11-18(17)23/h3-11,16,20H,2,12-14H2,1H3. The second kappa shape index (κ2) is 8.50. The minimum absolute atomic E-state index is 0.409. The van der Waals surface area contributed by atoms with Crippen molar-refractivity contribution >= 4 is 50.7 Å². The van der Waals surface area contributed by atoms with Crippen molar-refractivity contribution in [3.05, 3.63) is 68.1 Å². The Kier molecular flexibility index (Phi) is 6.05. The Hall–Kier alpha value is -1.11. The lowest BCUT2D eigenvalue weighted by Crippen LogP contribution is -2.31. The molecule has 2 aromatic carbocycles. The molecule has 0 saturated heterocycles. The van der Waals surface area contributed by atoms with E-state index in [1.165, 1.54) is 21.3 Å². The molecule has 1 aliphatic rings. The zero-order chi connectivity index (χ0) is 18.8. The topological polar surface area (TPSA) is 16.1 Å². The Bertz CT molecular complexity index is 908. The summed E-state index contributed by atoms with van der Waals surface area (Å²) in [6, 6.07) is 19.3. The number of aromatic nitrogens is 1. The summed E-state index contributed by atoms with van der Waals surface area (Å²) in [5.41, 5.74) is 3.42. The number of thiazole rings is 1. The fourth-order valence-electron chi connectivity index (χ4n) is 3.60. The number of halogens is 2. The Labute approximate surface area is 183 Å². The van der Waals surface area contributed by atoms with E-state index in [9.17, 15) is 0 Å². The number of hydrogen-bond donors (Lipinski definition) is 0. The van der Waals surface area contributed by atoms with E-state index < -0.39 is 0 Å². The normalized spacial score (nSPS) is 14.9. The third kappa shape index (κ3) is 4.17. The maximum Gasteiger partial charge on any atom is 0.187 e. The predicted octanol–water partition coefficient (Wildman–Crippen LogP) is 7.44. The molecule has 0 amide bonds. The third-order valence-electron chi connectivity index (χ3n) is 4.96. The molecule has 0 bridgehead atoms. The van der Waals surface area contributed by atoms with Gasteiger partial charge in [-0.05, 0) is 59.4 Å². The predicted molar refractivity (Wildman–Crippen MR) is 125 cm³/mol. The summed E-state index contributed by atoms with van der Waals surface area (Å²) < 4.78 is 1.19. The van der Waals surface area contributed by atoms with E-state index in [4.69, 9.17) is 16.6 Å². The number of nitrogens with zero attached hydrogens (tertiary/aromatic N) is 2. The van der Waals surface area contributed by atoms with E-state index in [2.05, 4.69) is 70.8 Å². The summed E-state index contributed by atoms with van der Waals surface area (Å²) in [5.74, 6) is 0.726. The quantitative estimate of drug-likeness (QED) is 0.308. The molecule has 2 nitrogen and oxygen atoms in total. The summed E-state index contributed by atoms with van der Waals surface area (Å²) >= 11 is 10.6. The third-order valence-corrected chi connectivity index (χ3v) is 7.34. The van der Waals surface area contributed by atoms with E-state index >= 15 is 0 Å². The van der Waals surface area contributed by atoms with E-state index in [0.717, 1.165) is 40.3 Å². The number of benzene rings is 2. The molecular formula is C22H22ClIN2S. The Balaban J connectivity index is 1.74. The Morgan fingerprint density at radius 3 is 2.52 bits per heavy atom. The minimum atomic E-state index is 0.409. The maximum absolute atomic E-state index is 6.45. The molecule has 0 radical (unpaired) electrons. The summed E-state index contributed by atoms with van der Waals surface area (Å²) in [5, 5.41) is 1.87. The van der Waals surface area contributed by atoms with E-state index in [1.807, 2.05) is 18.2 Å². The summed E-state index contributed by atoms with van der Waals surface area (Å²) in [7, 11) is 0.